The van der Waals surface area contributed by atoms with Crippen molar-refractivity contribution in [3.8, 4) is 0 Å². The highest BCUT2D eigenvalue weighted by Gasteiger charge is 2.03. The van der Waals surface area contributed by atoms with Crippen LogP contribution in [0.2, 0.25) is 0 Å². The molecule has 3 nitrogen and oxygen atoms in total. The number of aryl methyl sites for hydroxylation is 1. The van der Waals surface area contributed by atoms with Crippen LogP contribution in [0.1, 0.15) is 18.9 Å². The number of halogens is 1. The van der Waals surface area contributed by atoms with Gasteiger partial charge in [0.15, 0.2) is 0 Å². The molecule has 0 aliphatic rings. The summed E-state index contributed by atoms with van der Waals surface area (Å²) in [6.45, 7) is 4.67. The van der Waals surface area contributed by atoms with E-state index in [9.17, 15) is 4.79 Å². The first kappa shape index (κ1) is 12.0. The maximum Gasteiger partial charge on any atom is 0.319 e. The minimum Gasteiger partial charge on any atom is -0.338 e. The van der Waals surface area contributed by atoms with Crippen molar-refractivity contribution < 1.29 is 4.79 Å². The van der Waals surface area contributed by atoms with E-state index in [0.29, 0.717) is 6.54 Å². The third-order valence-corrected chi connectivity index (χ3v) is 2.47. The summed E-state index contributed by atoms with van der Waals surface area (Å²) >= 11 is 3.38. The first-order valence-corrected chi connectivity index (χ1v) is 5.73. The van der Waals surface area contributed by atoms with Gasteiger partial charge in [0.2, 0.25) is 0 Å². The monoisotopic (exact) mass is 270 g/mol. The molecule has 15 heavy (non-hydrogen) atoms. The van der Waals surface area contributed by atoms with E-state index in [2.05, 4.69) is 26.6 Å². The van der Waals surface area contributed by atoms with Gasteiger partial charge in [-0.2, -0.15) is 0 Å². The van der Waals surface area contributed by atoms with E-state index in [-0.39, 0.29) is 6.03 Å². The van der Waals surface area contributed by atoms with Crippen molar-refractivity contribution in [3.63, 3.8) is 0 Å². The molecule has 0 spiro atoms. The van der Waals surface area contributed by atoms with E-state index < -0.39 is 0 Å². The van der Waals surface area contributed by atoms with E-state index in [0.717, 1.165) is 22.1 Å². The Hall–Kier alpha value is -1.03. The Morgan fingerprint density at radius 3 is 2.80 bits per heavy atom. The highest BCUT2D eigenvalue weighted by Crippen LogP contribution is 2.19. The molecule has 0 heterocycles. The summed E-state index contributed by atoms with van der Waals surface area (Å²) in [5.41, 5.74) is 1.88. The van der Waals surface area contributed by atoms with E-state index in [1.165, 1.54) is 0 Å². The number of carbonyl (C=O) groups excluding carboxylic acids is 1. The number of benzene rings is 1. The van der Waals surface area contributed by atoms with Crippen LogP contribution in [-0.4, -0.2) is 12.6 Å². The van der Waals surface area contributed by atoms with Crippen LogP contribution in [0.5, 0.6) is 0 Å². The second-order valence-electron chi connectivity index (χ2n) is 3.34. The quantitative estimate of drug-likeness (QED) is 0.870. The van der Waals surface area contributed by atoms with Gasteiger partial charge in [0.05, 0.1) is 0 Å². The van der Waals surface area contributed by atoms with Gasteiger partial charge in [-0.05, 0) is 37.1 Å². The number of amides is 2. The summed E-state index contributed by atoms with van der Waals surface area (Å²) < 4.78 is 1.01. The lowest BCUT2D eigenvalue weighted by Crippen LogP contribution is -2.29. The molecule has 0 aliphatic heterocycles. The van der Waals surface area contributed by atoms with Crippen molar-refractivity contribution in [2.45, 2.75) is 20.3 Å². The topological polar surface area (TPSA) is 41.1 Å². The maximum atomic E-state index is 11.4. The number of urea groups is 1. The van der Waals surface area contributed by atoms with Crippen LogP contribution in [0, 0.1) is 6.92 Å². The lowest BCUT2D eigenvalue weighted by Gasteiger charge is -2.09. The third-order valence-electron chi connectivity index (χ3n) is 1.97. The second kappa shape index (κ2) is 5.75. The van der Waals surface area contributed by atoms with Gasteiger partial charge in [0, 0.05) is 16.7 Å². The molecule has 0 unspecified atom stereocenters. The molecule has 0 bridgehead atoms. The molecule has 1 aromatic rings. The van der Waals surface area contributed by atoms with Gasteiger partial charge in [-0.3, -0.25) is 0 Å². The molecule has 2 N–H and O–H groups in total. The number of rotatable bonds is 3. The van der Waals surface area contributed by atoms with Crippen molar-refractivity contribution in [1.82, 2.24) is 5.32 Å². The predicted molar refractivity (Wildman–Crippen MR) is 66.2 cm³/mol. The standard InChI is InChI=1S/C11H15BrN2O/c1-3-6-13-11(15)14-10-5-4-9(12)7-8(10)2/h4-5,7H,3,6H2,1-2H3,(H2,13,14,15). The Morgan fingerprint density at radius 1 is 1.47 bits per heavy atom. The van der Waals surface area contributed by atoms with Gasteiger partial charge in [-0.1, -0.05) is 22.9 Å². The smallest absolute Gasteiger partial charge is 0.319 e. The molecular weight excluding hydrogens is 256 g/mol. The lowest BCUT2D eigenvalue weighted by atomic mass is 10.2. The average molecular weight is 271 g/mol. The lowest BCUT2D eigenvalue weighted by molar-refractivity contribution is 0.252. The largest absolute Gasteiger partial charge is 0.338 e. The fourth-order valence-corrected chi connectivity index (χ4v) is 1.65. The minimum absolute atomic E-state index is 0.151. The van der Waals surface area contributed by atoms with Crippen LogP contribution in [0.25, 0.3) is 0 Å². The zero-order valence-corrected chi connectivity index (χ0v) is 10.5. The normalized spacial score (nSPS) is 9.80. The third kappa shape index (κ3) is 3.91. The van der Waals surface area contributed by atoms with Gasteiger partial charge in [0.25, 0.3) is 0 Å². The summed E-state index contributed by atoms with van der Waals surface area (Å²) in [5.74, 6) is 0. The number of anilines is 1. The summed E-state index contributed by atoms with van der Waals surface area (Å²) in [5, 5.41) is 5.56. The molecule has 0 fully saturated rings. The zero-order chi connectivity index (χ0) is 11.3. The summed E-state index contributed by atoms with van der Waals surface area (Å²) in [6.07, 6.45) is 0.937. The summed E-state index contributed by atoms with van der Waals surface area (Å²) in [7, 11) is 0. The number of hydrogen-bond acceptors (Lipinski definition) is 1. The van der Waals surface area contributed by atoms with Crippen LogP contribution < -0.4 is 10.6 Å². The fraction of sp³-hybridized carbons (Fsp3) is 0.364. The zero-order valence-electron chi connectivity index (χ0n) is 8.93. The van der Waals surface area contributed by atoms with Crippen molar-refractivity contribution in [2.75, 3.05) is 11.9 Å². The highest BCUT2D eigenvalue weighted by atomic mass is 79.9. The Labute approximate surface area is 98.4 Å². The van der Waals surface area contributed by atoms with Crippen molar-refractivity contribution >= 4 is 27.6 Å². The molecule has 0 atom stereocenters. The average Bonchev–Trinajstić information content (AvgIpc) is 2.19. The van der Waals surface area contributed by atoms with Crippen LogP contribution >= 0.6 is 15.9 Å². The molecule has 1 aromatic carbocycles. The Kier molecular flexibility index (Phi) is 4.62. The molecular formula is C11H15BrN2O. The molecule has 4 heteroatoms. The van der Waals surface area contributed by atoms with Crippen molar-refractivity contribution in [1.29, 1.82) is 0 Å². The Morgan fingerprint density at radius 2 is 2.20 bits per heavy atom. The van der Waals surface area contributed by atoms with Crippen LogP contribution in [0.3, 0.4) is 0 Å². The van der Waals surface area contributed by atoms with Gasteiger partial charge < -0.3 is 10.6 Å². The molecule has 1 rings (SSSR count). The first-order chi connectivity index (χ1) is 7.13. The van der Waals surface area contributed by atoms with Gasteiger partial charge >= 0.3 is 6.03 Å². The van der Waals surface area contributed by atoms with Gasteiger partial charge in [-0.25, -0.2) is 4.79 Å². The van der Waals surface area contributed by atoms with Gasteiger partial charge in [-0.15, -0.1) is 0 Å². The molecule has 82 valence electrons. The summed E-state index contributed by atoms with van der Waals surface area (Å²) in [6, 6.07) is 5.60. The van der Waals surface area contributed by atoms with Crippen LogP contribution in [0.15, 0.2) is 22.7 Å². The highest BCUT2D eigenvalue weighted by molar-refractivity contribution is 9.10. The fourth-order valence-electron chi connectivity index (χ4n) is 1.17. The molecule has 0 saturated heterocycles. The maximum absolute atomic E-state index is 11.4. The molecule has 0 aromatic heterocycles. The van der Waals surface area contributed by atoms with E-state index in [4.69, 9.17) is 0 Å². The molecule has 2 amide bonds. The summed E-state index contributed by atoms with van der Waals surface area (Å²) in [4.78, 5) is 11.4. The van der Waals surface area contributed by atoms with E-state index in [1.807, 2.05) is 32.0 Å². The van der Waals surface area contributed by atoms with Crippen molar-refractivity contribution in [2.24, 2.45) is 0 Å². The molecule has 0 radical (unpaired) electrons. The van der Waals surface area contributed by atoms with Crippen molar-refractivity contribution in [3.05, 3.63) is 28.2 Å². The van der Waals surface area contributed by atoms with Crippen LogP contribution in [-0.2, 0) is 0 Å². The van der Waals surface area contributed by atoms with Gasteiger partial charge in [0.1, 0.15) is 0 Å². The Balaban J connectivity index is 2.60. The first-order valence-electron chi connectivity index (χ1n) is 4.94. The SMILES string of the molecule is CCCNC(=O)Nc1ccc(Br)cc1C. The Bertz CT molecular complexity index is 352. The molecule has 0 aliphatic carbocycles. The molecule has 0 saturated carbocycles. The van der Waals surface area contributed by atoms with E-state index in [1.54, 1.807) is 0 Å². The number of nitrogens with one attached hydrogen (secondary N) is 2. The second-order valence-corrected chi connectivity index (χ2v) is 4.26. The minimum atomic E-state index is -0.151. The predicted octanol–water partition coefficient (Wildman–Crippen LogP) is 3.29. The van der Waals surface area contributed by atoms with E-state index >= 15 is 0 Å². The number of hydrogen-bond donors (Lipinski definition) is 2. The number of carbonyl (C=O) groups is 1. The van der Waals surface area contributed by atoms with Crippen LogP contribution in [0.4, 0.5) is 10.5 Å².